The quantitative estimate of drug-likeness (QED) is 0.673. The molecule has 0 bridgehead atoms. The molecule has 1 unspecified atom stereocenters. The lowest BCUT2D eigenvalue weighted by atomic mass is 10.1. The van der Waals surface area contributed by atoms with Gasteiger partial charge in [0, 0.05) is 22.3 Å². The van der Waals surface area contributed by atoms with Gasteiger partial charge in [-0.3, -0.25) is 4.79 Å². The van der Waals surface area contributed by atoms with Crippen molar-refractivity contribution in [2.45, 2.75) is 30.5 Å². The Labute approximate surface area is 122 Å². The van der Waals surface area contributed by atoms with Crippen molar-refractivity contribution in [2.24, 2.45) is 0 Å². The molecule has 10 heteroatoms. The van der Waals surface area contributed by atoms with Crippen LogP contribution in [0.2, 0.25) is 0 Å². The molecule has 0 aliphatic carbocycles. The minimum absolute atomic E-state index is 0.441. The van der Waals surface area contributed by atoms with Crippen LogP contribution in [-0.2, 0) is 9.05 Å². The van der Waals surface area contributed by atoms with Gasteiger partial charge in [0.2, 0.25) is 0 Å². The van der Waals surface area contributed by atoms with Gasteiger partial charge in [-0.25, -0.2) is 12.8 Å². The van der Waals surface area contributed by atoms with Crippen LogP contribution in [0.4, 0.5) is 17.6 Å². The molecule has 4 nitrogen and oxygen atoms in total. The Morgan fingerprint density at radius 2 is 1.90 bits per heavy atom. The van der Waals surface area contributed by atoms with E-state index >= 15 is 0 Å². The summed E-state index contributed by atoms with van der Waals surface area (Å²) in [6.45, 7) is 1.11. The van der Waals surface area contributed by atoms with Crippen LogP contribution in [0.15, 0.2) is 23.1 Å². The molecule has 0 aromatic heterocycles. The molecule has 0 radical (unpaired) electrons. The van der Waals surface area contributed by atoms with Gasteiger partial charge >= 0.3 is 6.18 Å². The van der Waals surface area contributed by atoms with Crippen molar-refractivity contribution >= 4 is 25.6 Å². The number of carbonyl (C=O) groups excluding carboxylic acids is 1. The molecule has 0 aliphatic rings. The van der Waals surface area contributed by atoms with Crippen LogP contribution in [0.5, 0.6) is 0 Å². The zero-order valence-electron chi connectivity index (χ0n) is 10.5. The molecule has 0 spiro atoms. The highest BCUT2D eigenvalue weighted by atomic mass is 35.7. The highest BCUT2D eigenvalue weighted by Gasteiger charge is 2.30. The summed E-state index contributed by atoms with van der Waals surface area (Å²) in [6, 6.07) is 0.817. The number of nitrogens with one attached hydrogen (secondary N) is 1. The zero-order chi connectivity index (χ0) is 16.4. The summed E-state index contributed by atoms with van der Waals surface area (Å²) < 4.78 is 71.8. The van der Waals surface area contributed by atoms with E-state index in [4.69, 9.17) is 10.7 Å². The van der Waals surface area contributed by atoms with Gasteiger partial charge in [-0.1, -0.05) is 0 Å². The summed E-state index contributed by atoms with van der Waals surface area (Å²) in [5, 5.41) is 2.00. The third-order valence-corrected chi connectivity index (χ3v) is 3.66. The molecule has 0 fully saturated rings. The van der Waals surface area contributed by atoms with Crippen molar-refractivity contribution in [1.82, 2.24) is 5.32 Å². The number of halogens is 5. The van der Waals surface area contributed by atoms with E-state index in [0.717, 1.165) is 13.0 Å². The fourth-order valence-electron chi connectivity index (χ4n) is 1.54. The fraction of sp³-hybridized carbons (Fsp3) is 0.364. The Bertz CT molecular complexity index is 645. The van der Waals surface area contributed by atoms with E-state index < -0.39 is 49.9 Å². The second-order valence-electron chi connectivity index (χ2n) is 4.31. The van der Waals surface area contributed by atoms with E-state index in [1.807, 2.05) is 5.32 Å². The number of alkyl halides is 3. The molecule has 21 heavy (non-hydrogen) atoms. The highest BCUT2D eigenvalue weighted by molar-refractivity contribution is 8.13. The molecule has 1 atom stereocenters. The van der Waals surface area contributed by atoms with E-state index in [-0.39, 0.29) is 0 Å². The molecule has 1 aromatic carbocycles. The molecule has 1 rings (SSSR count). The van der Waals surface area contributed by atoms with E-state index in [9.17, 15) is 30.8 Å². The maximum absolute atomic E-state index is 13.2. The average molecular weight is 348 g/mol. The van der Waals surface area contributed by atoms with Crippen molar-refractivity contribution in [2.75, 3.05) is 0 Å². The van der Waals surface area contributed by atoms with Crippen molar-refractivity contribution in [3.05, 3.63) is 29.6 Å². The smallest absolute Gasteiger partial charge is 0.349 e. The minimum Gasteiger partial charge on any atom is -0.349 e. The predicted molar refractivity (Wildman–Crippen MR) is 67.0 cm³/mol. The summed E-state index contributed by atoms with van der Waals surface area (Å²) in [4.78, 5) is 11.0. The van der Waals surface area contributed by atoms with Gasteiger partial charge in [0.25, 0.3) is 15.0 Å². The number of hydrogen-bond donors (Lipinski definition) is 1. The first kappa shape index (κ1) is 17.7. The number of hydrogen-bond acceptors (Lipinski definition) is 3. The second kappa shape index (κ2) is 6.18. The van der Waals surface area contributed by atoms with Gasteiger partial charge in [0.15, 0.2) is 0 Å². The van der Waals surface area contributed by atoms with E-state index in [0.29, 0.717) is 12.1 Å². The highest BCUT2D eigenvalue weighted by Crippen LogP contribution is 2.22. The summed E-state index contributed by atoms with van der Waals surface area (Å²) >= 11 is 0. The predicted octanol–water partition coefficient (Wildman–Crippen LogP) is 2.82. The molecular formula is C11H10ClF4NO3S. The Morgan fingerprint density at radius 1 is 1.33 bits per heavy atom. The first-order valence-corrected chi connectivity index (χ1v) is 7.82. The van der Waals surface area contributed by atoms with Crippen LogP contribution in [0.25, 0.3) is 0 Å². The average Bonchev–Trinajstić information content (AvgIpc) is 2.23. The molecule has 0 saturated heterocycles. The van der Waals surface area contributed by atoms with Crippen LogP contribution in [0, 0.1) is 5.82 Å². The van der Waals surface area contributed by atoms with Crippen molar-refractivity contribution in [3.8, 4) is 0 Å². The van der Waals surface area contributed by atoms with E-state index in [2.05, 4.69) is 0 Å². The monoisotopic (exact) mass is 347 g/mol. The third kappa shape index (κ3) is 5.88. The first-order chi connectivity index (χ1) is 9.38. The topological polar surface area (TPSA) is 63.2 Å². The standard InChI is InChI=1S/C11H10ClF4NO3S/c1-6(5-11(14,15)16)17-10(18)7-2-8(13)4-9(3-7)21(12,19)20/h2-4,6H,5H2,1H3,(H,17,18). The number of amides is 1. The molecule has 0 aliphatic heterocycles. The lowest BCUT2D eigenvalue weighted by Gasteiger charge is -2.16. The Balaban J connectivity index is 2.96. The maximum Gasteiger partial charge on any atom is 0.391 e. The van der Waals surface area contributed by atoms with Crippen LogP contribution in [0.1, 0.15) is 23.7 Å². The van der Waals surface area contributed by atoms with Crippen molar-refractivity contribution in [3.63, 3.8) is 0 Å². The van der Waals surface area contributed by atoms with Crippen LogP contribution in [-0.4, -0.2) is 26.5 Å². The Kier molecular flexibility index (Phi) is 5.21. The van der Waals surface area contributed by atoms with Crippen LogP contribution in [0.3, 0.4) is 0 Å². The Morgan fingerprint density at radius 3 is 2.38 bits per heavy atom. The summed E-state index contributed by atoms with van der Waals surface area (Å²) in [5.41, 5.74) is -0.441. The van der Waals surface area contributed by atoms with Crippen LogP contribution >= 0.6 is 10.7 Å². The van der Waals surface area contributed by atoms with Crippen molar-refractivity contribution < 1.29 is 30.8 Å². The van der Waals surface area contributed by atoms with Gasteiger partial charge < -0.3 is 5.32 Å². The van der Waals surface area contributed by atoms with E-state index in [1.54, 1.807) is 0 Å². The SMILES string of the molecule is CC(CC(F)(F)F)NC(=O)c1cc(F)cc(S(=O)(=O)Cl)c1. The molecule has 118 valence electrons. The summed E-state index contributed by atoms with van der Waals surface area (Å²) in [6.07, 6.45) is -5.74. The minimum atomic E-state index is -4.47. The summed E-state index contributed by atoms with van der Waals surface area (Å²) in [5.74, 6) is -2.09. The number of rotatable bonds is 4. The zero-order valence-corrected chi connectivity index (χ0v) is 12.1. The van der Waals surface area contributed by atoms with Crippen LogP contribution < -0.4 is 5.32 Å². The van der Waals surface area contributed by atoms with Gasteiger partial charge in [-0.15, -0.1) is 0 Å². The molecule has 0 saturated carbocycles. The normalized spacial score (nSPS) is 13.8. The molecule has 1 aromatic rings. The molecule has 1 amide bonds. The maximum atomic E-state index is 13.2. The molecule has 0 heterocycles. The second-order valence-corrected chi connectivity index (χ2v) is 6.87. The van der Waals surface area contributed by atoms with Gasteiger partial charge in [-0.05, 0) is 25.1 Å². The van der Waals surface area contributed by atoms with Gasteiger partial charge in [0.05, 0.1) is 11.3 Å². The number of benzene rings is 1. The molecular weight excluding hydrogens is 338 g/mol. The lowest BCUT2D eigenvalue weighted by Crippen LogP contribution is -2.36. The first-order valence-electron chi connectivity index (χ1n) is 5.51. The van der Waals surface area contributed by atoms with Crippen molar-refractivity contribution in [1.29, 1.82) is 0 Å². The molecule has 1 N–H and O–H groups in total. The van der Waals surface area contributed by atoms with Gasteiger partial charge in [0.1, 0.15) is 5.82 Å². The third-order valence-electron chi connectivity index (χ3n) is 2.33. The number of carbonyl (C=O) groups is 1. The Hall–Kier alpha value is -1.35. The van der Waals surface area contributed by atoms with E-state index in [1.165, 1.54) is 0 Å². The largest absolute Gasteiger partial charge is 0.391 e. The van der Waals surface area contributed by atoms with Gasteiger partial charge in [-0.2, -0.15) is 13.2 Å². The summed E-state index contributed by atoms with van der Waals surface area (Å²) in [7, 11) is 0.759. The fourth-order valence-corrected chi connectivity index (χ4v) is 2.33. The lowest BCUT2D eigenvalue weighted by molar-refractivity contribution is -0.138.